The van der Waals surface area contributed by atoms with Crippen molar-refractivity contribution in [2.24, 2.45) is 26.1 Å². The maximum absolute atomic E-state index is 13.6. The van der Waals surface area contributed by atoms with Crippen molar-refractivity contribution in [2.75, 3.05) is 38.7 Å². The fourth-order valence-corrected chi connectivity index (χ4v) is 8.11. The van der Waals surface area contributed by atoms with Crippen LogP contribution in [0.5, 0.6) is 0 Å². The number of phosphoric ester groups is 3. The first-order chi connectivity index (χ1) is 25.4. The van der Waals surface area contributed by atoms with Gasteiger partial charge in [-0.25, -0.2) is 28.6 Å². The number of phosphoric acid groups is 3. The number of ether oxygens (including phenoxy) is 1. The summed E-state index contributed by atoms with van der Waals surface area (Å²) in [6, 6.07) is 0. The van der Waals surface area contributed by atoms with Crippen LogP contribution in [0.2, 0.25) is 0 Å². The number of nitrogens with one attached hydrogen (secondary N) is 2. The number of aliphatic imine (C=N–C) groups is 3. The van der Waals surface area contributed by atoms with Crippen LogP contribution in [-0.2, 0) is 50.7 Å². The van der Waals surface area contributed by atoms with Crippen LogP contribution in [0.15, 0.2) is 26.8 Å². The number of nitrogens with two attached hydrogens (primary N) is 1. The third-order valence-corrected chi connectivity index (χ3v) is 11.3. The molecular formula is C26H44N7O18P3S. The monoisotopic (exact) mass is 867 g/mol. The number of ketones is 1. The van der Waals surface area contributed by atoms with Gasteiger partial charge >= 0.3 is 23.5 Å². The van der Waals surface area contributed by atoms with Gasteiger partial charge in [0, 0.05) is 43.2 Å². The van der Waals surface area contributed by atoms with Gasteiger partial charge < -0.3 is 56.0 Å². The summed E-state index contributed by atoms with van der Waals surface area (Å²) in [6.45, 7) is 1.50. The SMILES string of the molecule is CCC(O)=CC(=O)C12N=CN=C(N)C1=NCN2[C@H]1O[C@H](COP(=O)(O)OP(=O)(O)OCC(C)(C)[C@@H](O)C(=O)NCCC(=O)NCCS)[C@@H](OP(=O)(O)O)[C@H]1O. The third-order valence-electron chi connectivity index (χ3n) is 7.97. The number of aliphatic hydroxyl groups is 3. The van der Waals surface area contributed by atoms with Crippen LogP contribution in [0, 0.1) is 5.41 Å². The van der Waals surface area contributed by atoms with Gasteiger partial charge in [-0.05, 0) is 0 Å². The minimum absolute atomic E-state index is 0.0215. The molecule has 3 rings (SSSR count). The highest BCUT2D eigenvalue weighted by molar-refractivity contribution is 7.80. The number of aliphatic hydroxyl groups excluding tert-OH is 3. The highest BCUT2D eigenvalue weighted by atomic mass is 32.1. The Balaban J connectivity index is 1.71. The van der Waals surface area contributed by atoms with Gasteiger partial charge in [-0.1, -0.05) is 20.8 Å². The van der Waals surface area contributed by atoms with E-state index in [4.69, 9.17) is 19.5 Å². The van der Waals surface area contributed by atoms with Crippen molar-refractivity contribution in [1.82, 2.24) is 15.5 Å². The summed E-state index contributed by atoms with van der Waals surface area (Å²) in [5, 5.41) is 36.6. The number of thiol groups is 1. The molecular weight excluding hydrogens is 823 g/mol. The van der Waals surface area contributed by atoms with Gasteiger partial charge in [0.05, 0.1) is 25.6 Å². The average molecular weight is 868 g/mol. The highest BCUT2D eigenvalue weighted by Gasteiger charge is 2.61. The molecule has 3 unspecified atom stereocenters. The van der Waals surface area contributed by atoms with Crippen molar-refractivity contribution in [3.8, 4) is 0 Å². The van der Waals surface area contributed by atoms with Crippen LogP contribution in [0.4, 0.5) is 0 Å². The molecule has 3 heterocycles. The largest absolute Gasteiger partial charge is 0.512 e. The van der Waals surface area contributed by atoms with E-state index < -0.39 is 103 Å². The molecule has 0 aliphatic carbocycles. The Morgan fingerprint density at radius 3 is 2.44 bits per heavy atom. The van der Waals surface area contributed by atoms with Gasteiger partial charge in [-0.15, -0.1) is 0 Å². The molecule has 25 nitrogen and oxygen atoms in total. The molecule has 0 aromatic carbocycles. The van der Waals surface area contributed by atoms with Crippen LogP contribution < -0.4 is 16.4 Å². The molecule has 29 heteroatoms. The standard InChI is InChI=1S/C26H44N7O18P3S/c1-4-14(34)9-16(35)26-20(22(27)30-12-32-26)31-13-33(26)24-18(37)19(50-52(40,41)42)15(49-24)10-47-53(43,44)51-54(45,46)48-11-25(2,3)21(38)23(39)29-6-5-17(36)28-7-8-55/h9,12,15,18-19,21,24,34,37-38,55H,4-8,10-11,13H2,1-3H3,(H,28,36)(H,29,39)(H,43,44)(H,45,46)(H2,27,30,32)(H2,40,41,42)/t15-,18-,19-,21+,24+,26?/m1/s1. The molecule has 55 heavy (non-hydrogen) atoms. The Labute approximate surface area is 318 Å². The van der Waals surface area contributed by atoms with Gasteiger partial charge in [0.1, 0.15) is 42.7 Å². The second kappa shape index (κ2) is 18.9. The Morgan fingerprint density at radius 1 is 1.16 bits per heavy atom. The summed E-state index contributed by atoms with van der Waals surface area (Å²) >= 11 is 3.95. The zero-order valence-corrected chi connectivity index (χ0v) is 33.1. The van der Waals surface area contributed by atoms with E-state index in [0.717, 1.165) is 17.3 Å². The number of allylic oxidation sites excluding steroid dienone is 1. The molecule has 0 bridgehead atoms. The fraction of sp³-hybridized carbons (Fsp3) is 0.692. The zero-order chi connectivity index (χ0) is 41.6. The minimum atomic E-state index is -5.66. The van der Waals surface area contributed by atoms with Crippen LogP contribution in [0.1, 0.15) is 33.6 Å². The second-order valence-electron chi connectivity index (χ2n) is 12.6. The van der Waals surface area contributed by atoms with E-state index in [-0.39, 0.29) is 36.7 Å². The van der Waals surface area contributed by atoms with E-state index in [1.807, 2.05) is 0 Å². The predicted molar refractivity (Wildman–Crippen MR) is 191 cm³/mol. The fourth-order valence-electron chi connectivity index (χ4n) is 5.17. The van der Waals surface area contributed by atoms with Crippen LogP contribution >= 0.6 is 36.1 Å². The van der Waals surface area contributed by atoms with Crippen LogP contribution in [0.3, 0.4) is 0 Å². The van der Waals surface area contributed by atoms with Crippen molar-refractivity contribution < 1.29 is 85.6 Å². The van der Waals surface area contributed by atoms with Gasteiger partial charge in [-0.2, -0.15) is 16.9 Å². The maximum Gasteiger partial charge on any atom is 0.481 e. The summed E-state index contributed by atoms with van der Waals surface area (Å²) in [5.74, 6) is -2.56. The number of carbonyl (C=O) groups excluding carboxylic acids is 3. The number of hydrogen-bond acceptors (Lipinski definition) is 20. The molecule has 3 aliphatic rings. The first kappa shape index (κ1) is 46.9. The Bertz CT molecular complexity index is 1730. The zero-order valence-electron chi connectivity index (χ0n) is 29.5. The highest BCUT2D eigenvalue weighted by Crippen LogP contribution is 2.61. The molecule has 0 aromatic heterocycles. The molecule has 312 valence electrons. The Hall–Kier alpha value is -2.48. The lowest BCUT2D eigenvalue weighted by atomic mass is 9.87. The van der Waals surface area contributed by atoms with Gasteiger partial charge in [0.2, 0.25) is 23.3 Å². The third kappa shape index (κ3) is 12.3. The topological polar surface area (TPSA) is 381 Å². The van der Waals surface area contributed by atoms with Gasteiger partial charge in [0.25, 0.3) is 0 Å². The molecule has 1 fully saturated rings. The number of carbonyl (C=O) groups is 3. The van der Waals surface area contributed by atoms with Crippen molar-refractivity contribution >= 4 is 71.6 Å². The van der Waals surface area contributed by atoms with E-state index in [2.05, 4.69) is 47.1 Å². The van der Waals surface area contributed by atoms with Gasteiger partial charge in [0.15, 0.2) is 5.84 Å². The maximum atomic E-state index is 13.6. The summed E-state index contributed by atoms with van der Waals surface area (Å²) in [6.07, 6.45) is -8.12. The van der Waals surface area contributed by atoms with Crippen molar-refractivity contribution in [2.45, 2.75) is 69.9 Å². The minimum Gasteiger partial charge on any atom is -0.512 e. The van der Waals surface area contributed by atoms with Crippen molar-refractivity contribution in [3.05, 3.63) is 11.8 Å². The number of hydrogen-bond donors (Lipinski definition) is 11. The molecule has 1 saturated heterocycles. The lowest BCUT2D eigenvalue weighted by Crippen LogP contribution is -2.63. The number of nitrogens with zero attached hydrogens (tertiary/aromatic N) is 4. The molecule has 11 N–H and O–H groups in total. The lowest BCUT2D eigenvalue weighted by Gasteiger charge is -2.38. The molecule has 8 atom stereocenters. The average Bonchev–Trinajstić information content (AvgIpc) is 3.62. The number of rotatable bonds is 21. The molecule has 2 amide bonds. The summed E-state index contributed by atoms with van der Waals surface area (Å²) in [7, 11) is -16.7. The molecule has 0 aromatic rings. The van der Waals surface area contributed by atoms with E-state index in [9.17, 15) is 63.0 Å². The molecule has 0 radical (unpaired) electrons. The first-order valence-corrected chi connectivity index (χ1v) is 21.2. The molecule has 0 spiro atoms. The summed E-state index contributed by atoms with van der Waals surface area (Å²) < 4.78 is 61.5. The van der Waals surface area contributed by atoms with Crippen molar-refractivity contribution in [3.63, 3.8) is 0 Å². The van der Waals surface area contributed by atoms with Crippen LogP contribution in [-0.4, -0.2) is 150 Å². The van der Waals surface area contributed by atoms with Crippen LogP contribution in [0.25, 0.3) is 0 Å². The van der Waals surface area contributed by atoms with Gasteiger partial charge in [-0.3, -0.25) is 32.9 Å². The lowest BCUT2D eigenvalue weighted by molar-refractivity contribution is -0.140. The Morgan fingerprint density at radius 2 is 1.82 bits per heavy atom. The Kier molecular flexibility index (Phi) is 16.1. The normalized spacial score (nSPS) is 27.3. The molecule has 0 saturated carbocycles. The number of fused-ring (bicyclic) bond motifs is 1. The molecule has 3 aliphatic heterocycles. The second-order valence-corrected chi connectivity index (χ2v) is 17.3. The van der Waals surface area contributed by atoms with Crippen molar-refractivity contribution in [1.29, 1.82) is 0 Å². The quantitative estimate of drug-likeness (QED) is 0.0256. The number of amides is 2. The predicted octanol–water partition coefficient (Wildman–Crippen LogP) is -2.03. The van der Waals surface area contributed by atoms with E-state index in [1.165, 1.54) is 20.8 Å². The summed E-state index contributed by atoms with van der Waals surface area (Å²) in [4.78, 5) is 90.3. The summed E-state index contributed by atoms with van der Waals surface area (Å²) in [5.41, 5.74) is 1.87. The smallest absolute Gasteiger partial charge is 0.481 e. The van der Waals surface area contributed by atoms with E-state index in [1.54, 1.807) is 0 Å². The first-order valence-electron chi connectivity index (χ1n) is 16.1. The van der Waals surface area contributed by atoms with E-state index in [0.29, 0.717) is 12.3 Å². The van der Waals surface area contributed by atoms with E-state index >= 15 is 0 Å². The number of amidine groups is 1.